The van der Waals surface area contributed by atoms with Crippen LogP contribution in [0.3, 0.4) is 0 Å². The number of amidine groups is 1. The molecule has 0 bridgehead atoms. The average molecular weight is 296 g/mol. The Labute approximate surface area is 121 Å². The van der Waals surface area contributed by atoms with Crippen LogP contribution >= 0.6 is 11.6 Å². The Morgan fingerprint density at radius 2 is 1.90 bits per heavy atom. The van der Waals surface area contributed by atoms with Gasteiger partial charge in [0.05, 0.1) is 13.2 Å². The Bertz CT molecular complexity index is 554. The number of ether oxygens (including phenoxy) is 1. The van der Waals surface area contributed by atoms with Crippen molar-refractivity contribution >= 4 is 29.2 Å². The number of hydrogen-bond acceptors (Lipinski definition) is 4. The van der Waals surface area contributed by atoms with Crippen molar-refractivity contribution in [1.82, 2.24) is 9.55 Å². The number of hydrogen-bond donors (Lipinski definition) is 0. The van der Waals surface area contributed by atoms with E-state index >= 15 is 0 Å². The zero-order chi connectivity index (χ0) is 14.2. The number of hydroxylamine groups is 2. The van der Waals surface area contributed by atoms with Gasteiger partial charge in [0.2, 0.25) is 0 Å². The van der Waals surface area contributed by atoms with E-state index in [9.17, 15) is 10.0 Å². The summed E-state index contributed by atoms with van der Waals surface area (Å²) < 4.78 is 4.18. The van der Waals surface area contributed by atoms with Gasteiger partial charge in [0.1, 0.15) is 5.69 Å². The van der Waals surface area contributed by atoms with E-state index in [1.165, 1.54) is 0 Å². The van der Waals surface area contributed by atoms with E-state index in [0.717, 1.165) is 0 Å². The molecule has 0 saturated carbocycles. The fourth-order valence-corrected chi connectivity index (χ4v) is 2.50. The van der Waals surface area contributed by atoms with Crippen molar-refractivity contribution in [2.75, 3.05) is 32.8 Å². The molecule has 2 aliphatic rings. The first kappa shape index (κ1) is 13.5. The molecule has 2 heterocycles. The van der Waals surface area contributed by atoms with Crippen LogP contribution in [0.15, 0.2) is 29.3 Å². The smallest absolute Gasteiger partial charge is 0.449 e. The van der Waals surface area contributed by atoms with Crippen LogP contribution in [0.1, 0.15) is 0 Å². The van der Waals surface area contributed by atoms with Gasteiger partial charge >= 0.3 is 6.03 Å². The maximum atomic E-state index is 12.8. The molecule has 2 amide bonds. The highest BCUT2D eigenvalue weighted by Crippen LogP contribution is 2.29. The van der Waals surface area contributed by atoms with E-state index in [1.54, 1.807) is 24.3 Å². The molecule has 0 aromatic heterocycles. The summed E-state index contributed by atoms with van der Waals surface area (Å²) in [5, 5.41) is 13.3. The SMILES string of the molecule is O=C1N=C(N2CCOCC2)C[N+]1([O-])c1ccc(Cl)cc1. The van der Waals surface area contributed by atoms with Gasteiger partial charge in [-0.25, -0.2) is 9.44 Å². The maximum Gasteiger partial charge on any atom is 0.449 e. The molecule has 0 spiro atoms. The second kappa shape index (κ2) is 5.14. The van der Waals surface area contributed by atoms with E-state index in [-0.39, 0.29) is 6.54 Å². The van der Waals surface area contributed by atoms with Crippen LogP contribution in [0.2, 0.25) is 5.02 Å². The Hall–Kier alpha value is -1.47. The zero-order valence-corrected chi connectivity index (χ0v) is 11.5. The fraction of sp³-hybridized carbons (Fsp3) is 0.385. The third-order valence-electron chi connectivity index (χ3n) is 3.52. The number of quaternary nitrogens is 1. The fourth-order valence-electron chi connectivity index (χ4n) is 2.37. The van der Waals surface area contributed by atoms with Crippen molar-refractivity contribution in [3.8, 4) is 0 Å². The number of urea groups is 1. The highest BCUT2D eigenvalue weighted by atomic mass is 35.5. The molecule has 1 fully saturated rings. The molecule has 0 N–H and O–H groups in total. The summed E-state index contributed by atoms with van der Waals surface area (Å²) in [6.45, 7) is 2.53. The number of carbonyl (C=O) groups is 1. The second-order valence-electron chi connectivity index (χ2n) is 4.78. The van der Waals surface area contributed by atoms with Gasteiger partial charge in [0.25, 0.3) is 0 Å². The summed E-state index contributed by atoms with van der Waals surface area (Å²) in [7, 11) is 0. The minimum absolute atomic E-state index is 0.0282. The predicted octanol–water partition coefficient (Wildman–Crippen LogP) is 2.01. The molecule has 3 rings (SSSR count). The van der Waals surface area contributed by atoms with Gasteiger partial charge in [-0.3, -0.25) is 0 Å². The topological polar surface area (TPSA) is 65.0 Å². The minimum atomic E-state index is -1.08. The molecule has 0 aliphatic carbocycles. The lowest BCUT2D eigenvalue weighted by molar-refractivity contribution is 0.0675. The van der Waals surface area contributed by atoms with E-state index in [0.29, 0.717) is 42.8 Å². The van der Waals surface area contributed by atoms with Gasteiger partial charge in [-0.1, -0.05) is 11.6 Å². The lowest BCUT2D eigenvalue weighted by Crippen LogP contribution is -2.49. The van der Waals surface area contributed by atoms with Crippen molar-refractivity contribution in [1.29, 1.82) is 0 Å². The molecular weight excluding hydrogens is 282 g/mol. The number of rotatable bonds is 1. The van der Waals surface area contributed by atoms with Gasteiger partial charge in [-0.2, -0.15) is 0 Å². The molecule has 7 heteroatoms. The Morgan fingerprint density at radius 3 is 2.55 bits per heavy atom. The number of halogens is 1. The van der Waals surface area contributed by atoms with E-state index in [4.69, 9.17) is 16.3 Å². The van der Waals surface area contributed by atoms with Crippen LogP contribution in [0.4, 0.5) is 10.5 Å². The molecule has 1 aromatic rings. The van der Waals surface area contributed by atoms with Crippen LogP contribution in [-0.4, -0.2) is 49.6 Å². The first-order chi connectivity index (χ1) is 9.59. The van der Waals surface area contributed by atoms with Crippen molar-refractivity contribution in [3.05, 3.63) is 34.5 Å². The van der Waals surface area contributed by atoms with Crippen LogP contribution < -0.4 is 4.65 Å². The lowest BCUT2D eigenvalue weighted by atomic mass is 10.3. The summed E-state index contributed by atoms with van der Waals surface area (Å²) in [5.74, 6) is 0.545. The van der Waals surface area contributed by atoms with Gasteiger partial charge in [0, 0.05) is 30.2 Å². The maximum absolute atomic E-state index is 12.8. The van der Waals surface area contributed by atoms with Crippen molar-refractivity contribution in [2.45, 2.75) is 0 Å². The first-order valence-electron chi connectivity index (χ1n) is 6.39. The number of nitrogens with zero attached hydrogens (tertiary/aromatic N) is 3. The largest absolute Gasteiger partial charge is 0.618 e. The van der Waals surface area contributed by atoms with Gasteiger partial charge in [0.15, 0.2) is 12.4 Å². The summed E-state index contributed by atoms with van der Waals surface area (Å²) in [6, 6.07) is 5.67. The number of carbonyl (C=O) groups excluding carboxylic acids is 1. The standard InChI is InChI=1S/C13H14ClN3O3/c14-10-1-3-11(4-2-10)17(19)9-12(15-13(17)18)16-5-7-20-8-6-16/h1-4H,5-9H2. The Kier molecular flexibility index (Phi) is 3.47. The van der Waals surface area contributed by atoms with E-state index < -0.39 is 10.7 Å². The normalized spacial score (nSPS) is 26.8. The zero-order valence-electron chi connectivity index (χ0n) is 10.8. The molecule has 2 aliphatic heterocycles. The highest BCUT2D eigenvalue weighted by Gasteiger charge is 2.40. The highest BCUT2D eigenvalue weighted by molar-refractivity contribution is 6.30. The molecule has 0 radical (unpaired) electrons. The average Bonchev–Trinajstić information content (AvgIpc) is 2.78. The van der Waals surface area contributed by atoms with Crippen LogP contribution in [0, 0.1) is 5.21 Å². The summed E-state index contributed by atoms with van der Waals surface area (Å²) >= 11 is 5.81. The summed E-state index contributed by atoms with van der Waals surface area (Å²) in [5.41, 5.74) is 0.353. The number of benzene rings is 1. The Balaban J connectivity index is 1.83. The van der Waals surface area contributed by atoms with Crippen molar-refractivity contribution < 1.29 is 9.53 Å². The van der Waals surface area contributed by atoms with E-state index in [1.807, 2.05) is 4.90 Å². The molecule has 20 heavy (non-hydrogen) atoms. The molecule has 1 atom stereocenters. The molecule has 106 valence electrons. The minimum Gasteiger partial charge on any atom is -0.618 e. The number of morpholine rings is 1. The third kappa shape index (κ3) is 2.31. The van der Waals surface area contributed by atoms with E-state index in [2.05, 4.69) is 4.99 Å². The molecule has 1 aromatic carbocycles. The Morgan fingerprint density at radius 1 is 1.25 bits per heavy atom. The molecule has 6 nitrogen and oxygen atoms in total. The van der Waals surface area contributed by atoms with Crippen LogP contribution in [-0.2, 0) is 4.74 Å². The molecule has 1 unspecified atom stereocenters. The molecule has 1 saturated heterocycles. The van der Waals surface area contributed by atoms with Gasteiger partial charge < -0.3 is 14.8 Å². The van der Waals surface area contributed by atoms with Crippen LogP contribution in [0.25, 0.3) is 0 Å². The van der Waals surface area contributed by atoms with Gasteiger partial charge in [-0.15, -0.1) is 4.99 Å². The summed E-state index contributed by atoms with van der Waals surface area (Å²) in [4.78, 5) is 17.9. The molecular formula is C13H14ClN3O3. The quantitative estimate of drug-likeness (QED) is 0.587. The van der Waals surface area contributed by atoms with Crippen molar-refractivity contribution in [2.24, 2.45) is 4.99 Å². The van der Waals surface area contributed by atoms with Gasteiger partial charge in [-0.05, 0) is 12.1 Å². The monoisotopic (exact) mass is 295 g/mol. The third-order valence-corrected chi connectivity index (χ3v) is 3.77. The van der Waals surface area contributed by atoms with Crippen LogP contribution in [0.5, 0.6) is 0 Å². The number of amides is 2. The number of aliphatic imine (C=N–C) groups is 1. The second-order valence-corrected chi connectivity index (χ2v) is 5.22. The lowest BCUT2D eigenvalue weighted by Gasteiger charge is -2.35. The predicted molar refractivity (Wildman–Crippen MR) is 76.7 cm³/mol. The van der Waals surface area contributed by atoms with Crippen molar-refractivity contribution in [3.63, 3.8) is 0 Å². The summed E-state index contributed by atoms with van der Waals surface area (Å²) in [6.07, 6.45) is 0. The first-order valence-corrected chi connectivity index (χ1v) is 6.77.